The van der Waals surface area contributed by atoms with Gasteiger partial charge in [0.2, 0.25) is 0 Å². The summed E-state index contributed by atoms with van der Waals surface area (Å²) in [7, 11) is 0. The van der Waals surface area contributed by atoms with Crippen LogP contribution in [0.15, 0.2) is 140 Å². The number of hydrogen-bond acceptors (Lipinski definition) is 4. The molecule has 0 atom stereocenters. The van der Waals surface area contributed by atoms with Crippen molar-refractivity contribution < 1.29 is 0 Å². The highest BCUT2D eigenvalue weighted by molar-refractivity contribution is 7.25. The predicted octanol–water partition coefficient (Wildman–Crippen LogP) is 10.7. The van der Waals surface area contributed by atoms with Crippen LogP contribution in [0.5, 0.6) is 0 Å². The highest BCUT2D eigenvalue weighted by atomic mass is 32.1. The van der Waals surface area contributed by atoms with Crippen LogP contribution in [0, 0.1) is 0 Å². The number of fused-ring (bicyclic) bond motifs is 7. The third-order valence-corrected chi connectivity index (χ3v) is 9.43. The summed E-state index contributed by atoms with van der Waals surface area (Å²) in [6, 6.07) is 49.2. The molecule has 0 saturated heterocycles. The van der Waals surface area contributed by atoms with Crippen LogP contribution in [0.25, 0.3) is 86.7 Å². The fourth-order valence-electron chi connectivity index (χ4n) is 6.19. The first-order valence-electron chi connectivity index (χ1n) is 14.4. The summed E-state index contributed by atoms with van der Waals surface area (Å²) in [6.07, 6.45) is 0. The van der Waals surface area contributed by atoms with E-state index in [1.165, 1.54) is 47.1 Å². The van der Waals surface area contributed by atoms with E-state index < -0.39 is 0 Å². The molecule has 43 heavy (non-hydrogen) atoms. The number of thiophene rings is 1. The maximum Gasteiger partial charge on any atom is 0.164 e. The van der Waals surface area contributed by atoms with Gasteiger partial charge in [0.25, 0.3) is 0 Å². The van der Waals surface area contributed by atoms with Crippen molar-refractivity contribution in [1.29, 1.82) is 0 Å². The molecule has 0 bridgehead atoms. The van der Waals surface area contributed by atoms with Crippen molar-refractivity contribution in [3.8, 4) is 34.2 Å². The largest absolute Gasteiger partial charge is 0.208 e. The molecular weight excluding hydrogens is 543 g/mol. The Kier molecular flexibility index (Phi) is 5.37. The van der Waals surface area contributed by atoms with Crippen molar-refractivity contribution in [3.63, 3.8) is 0 Å². The molecule has 7 aromatic carbocycles. The molecule has 2 aromatic heterocycles. The quantitative estimate of drug-likeness (QED) is 0.200. The second-order valence-electron chi connectivity index (χ2n) is 10.9. The summed E-state index contributed by atoms with van der Waals surface area (Å²) in [5, 5.41) is 9.59. The average Bonchev–Trinajstić information content (AvgIpc) is 3.46. The van der Waals surface area contributed by atoms with Crippen LogP contribution >= 0.6 is 11.3 Å². The third kappa shape index (κ3) is 3.99. The second kappa shape index (κ2) is 9.55. The van der Waals surface area contributed by atoms with Gasteiger partial charge in [0, 0.05) is 36.9 Å². The summed E-state index contributed by atoms with van der Waals surface area (Å²) in [6.45, 7) is 0. The van der Waals surface area contributed by atoms with Crippen molar-refractivity contribution in [2.75, 3.05) is 0 Å². The van der Waals surface area contributed by atoms with E-state index in [9.17, 15) is 0 Å². The molecule has 4 heteroatoms. The standard InChI is InChI=1S/C39H23N3S/c1-2-10-27-22-28(20-16-24(27)8-1)37-40-38(29-21-19-26-18-17-25-9-3-4-11-30(25)33(26)23-29)42-39(41-37)32-13-7-15-35-36(32)31-12-5-6-14-34(31)43-35/h1-23H. The van der Waals surface area contributed by atoms with E-state index in [2.05, 4.69) is 140 Å². The van der Waals surface area contributed by atoms with Gasteiger partial charge < -0.3 is 0 Å². The van der Waals surface area contributed by atoms with Crippen molar-refractivity contribution in [2.24, 2.45) is 0 Å². The molecular formula is C39H23N3S. The van der Waals surface area contributed by atoms with Crippen LogP contribution in [0.3, 0.4) is 0 Å². The molecule has 2 heterocycles. The van der Waals surface area contributed by atoms with E-state index in [1.807, 2.05) is 0 Å². The zero-order valence-corrected chi connectivity index (χ0v) is 23.8. The van der Waals surface area contributed by atoms with Crippen molar-refractivity contribution in [3.05, 3.63) is 140 Å². The minimum atomic E-state index is 0.666. The molecule has 0 amide bonds. The van der Waals surface area contributed by atoms with E-state index in [4.69, 9.17) is 15.0 Å². The van der Waals surface area contributed by atoms with Crippen LogP contribution in [-0.2, 0) is 0 Å². The van der Waals surface area contributed by atoms with Gasteiger partial charge in [0.05, 0.1) is 0 Å². The molecule has 200 valence electrons. The Morgan fingerprint density at radius 1 is 0.372 bits per heavy atom. The van der Waals surface area contributed by atoms with E-state index in [0.717, 1.165) is 22.1 Å². The van der Waals surface area contributed by atoms with Gasteiger partial charge in [-0.25, -0.2) is 15.0 Å². The van der Waals surface area contributed by atoms with Gasteiger partial charge in [-0.05, 0) is 56.6 Å². The molecule has 0 aliphatic carbocycles. The minimum Gasteiger partial charge on any atom is -0.208 e. The Hall–Kier alpha value is -5.45. The lowest BCUT2D eigenvalue weighted by Gasteiger charge is -2.11. The van der Waals surface area contributed by atoms with Gasteiger partial charge in [-0.3, -0.25) is 0 Å². The first-order valence-corrected chi connectivity index (χ1v) is 15.2. The topological polar surface area (TPSA) is 38.7 Å². The Morgan fingerprint density at radius 3 is 1.79 bits per heavy atom. The van der Waals surface area contributed by atoms with E-state index in [1.54, 1.807) is 11.3 Å². The monoisotopic (exact) mass is 565 g/mol. The number of nitrogens with zero attached hydrogens (tertiary/aromatic N) is 3. The minimum absolute atomic E-state index is 0.666. The molecule has 0 aliphatic heterocycles. The fraction of sp³-hybridized carbons (Fsp3) is 0. The molecule has 0 fully saturated rings. The number of hydrogen-bond donors (Lipinski definition) is 0. The zero-order valence-electron chi connectivity index (χ0n) is 23.0. The van der Waals surface area contributed by atoms with Gasteiger partial charge in [-0.2, -0.15) is 0 Å². The second-order valence-corrected chi connectivity index (χ2v) is 12.0. The predicted molar refractivity (Wildman–Crippen MR) is 182 cm³/mol. The zero-order chi connectivity index (χ0) is 28.3. The third-order valence-electron chi connectivity index (χ3n) is 8.29. The molecule has 0 unspecified atom stereocenters. The summed E-state index contributed by atoms with van der Waals surface area (Å²) < 4.78 is 2.49. The van der Waals surface area contributed by atoms with Crippen molar-refractivity contribution in [2.45, 2.75) is 0 Å². The molecule has 0 spiro atoms. The molecule has 9 aromatic rings. The highest BCUT2D eigenvalue weighted by Gasteiger charge is 2.17. The Balaban J connectivity index is 1.32. The Morgan fingerprint density at radius 2 is 0.953 bits per heavy atom. The summed E-state index contributed by atoms with van der Waals surface area (Å²) in [4.78, 5) is 15.4. The van der Waals surface area contributed by atoms with E-state index in [-0.39, 0.29) is 0 Å². The van der Waals surface area contributed by atoms with Gasteiger partial charge in [0.15, 0.2) is 17.5 Å². The lowest BCUT2D eigenvalue weighted by Crippen LogP contribution is -2.00. The fourth-order valence-corrected chi connectivity index (χ4v) is 7.32. The van der Waals surface area contributed by atoms with Crippen molar-refractivity contribution >= 4 is 63.8 Å². The summed E-state index contributed by atoms with van der Waals surface area (Å²) in [5.41, 5.74) is 2.96. The molecule has 0 radical (unpaired) electrons. The van der Waals surface area contributed by atoms with Gasteiger partial charge in [-0.1, -0.05) is 115 Å². The Bertz CT molecular complexity index is 2530. The van der Waals surface area contributed by atoms with Crippen LogP contribution in [-0.4, -0.2) is 15.0 Å². The van der Waals surface area contributed by atoms with E-state index >= 15 is 0 Å². The maximum absolute atomic E-state index is 5.17. The first-order chi connectivity index (χ1) is 21.3. The maximum atomic E-state index is 5.17. The lowest BCUT2D eigenvalue weighted by atomic mass is 9.99. The SMILES string of the molecule is c1ccc2cc(-c3nc(-c4ccc5ccc6ccccc6c5c4)nc(-c4cccc5sc6ccccc6c45)n3)ccc2c1. The molecule has 0 N–H and O–H groups in total. The van der Waals surface area contributed by atoms with Crippen LogP contribution in [0.1, 0.15) is 0 Å². The average molecular weight is 566 g/mol. The summed E-state index contributed by atoms with van der Waals surface area (Å²) >= 11 is 1.80. The first kappa shape index (κ1) is 24.2. The molecule has 3 nitrogen and oxygen atoms in total. The van der Waals surface area contributed by atoms with Crippen molar-refractivity contribution in [1.82, 2.24) is 15.0 Å². The summed E-state index contributed by atoms with van der Waals surface area (Å²) in [5.74, 6) is 2.01. The van der Waals surface area contributed by atoms with Gasteiger partial charge >= 0.3 is 0 Å². The molecule has 0 saturated carbocycles. The lowest BCUT2D eigenvalue weighted by molar-refractivity contribution is 1.08. The number of rotatable bonds is 3. The van der Waals surface area contributed by atoms with Gasteiger partial charge in [-0.15, -0.1) is 11.3 Å². The smallest absolute Gasteiger partial charge is 0.164 e. The highest BCUT2D eigenvalue weighted by Crippen LogP contribution is 2.40. The molecule has 9 rings (SSSR count). The Labute approximate surface area is 251 Å². The van der Waals surface area contributed by atoms with Crippen LogP contribution in [0.4, 0.5) is 0 Å². The van der Waals surface area contributed by atoms with Crippen LogP contribution < -0.4 is 0 Å². The normalized spacial score (nSPS) is 11.7. The number of benzene rings is 7. The van der Waals surface area contributed by atoms with E-state index in [0.29, 0.717) is 17.5 Å². The van der Waals surface area contributed by atoms with Gasteiger partial charge in [0.1, 0.15) is 0 Å². The van der Waals surface area contributed by atoms with Crippen LogP contribution in [0.2, 0.25) is 0 Å². The number of aromatic nitrogens is 3. The molecule has 0 aliphatic rings.